The Bertz CT molecular complexity index is 502. The van der Waals surface area contributed by atoms with Crippen molar-refractivity contribution in [2.45, 2.75) is 6.18 Å². The van der Waals surface area contributed by atoms with Crippen molar-refractivity contribution in [1.82, 2.24) is 0 Å². The molecule has 17 heavy (non-hydrogen) atoms. The van der Waals surface area contributed by atoms with Gasteiger partial charge in [0, 0.05) is 10.5 Å². The molecule has 0 radical (unpaired) electrons. The van der Waals surface area contributed by atoms with E-state index in [1.807, 2.05) is 0 Å². The topological polar surface area (TPSA) is 86.2 Å². The van der Waals surface area contributed by atoms with E-state index in [1.165, 1.54) is 0 Å². The van der Waals surface area contributed by atoms with Crippen LogP contribution in [0, 0.1) is 10.1 Å². The second-order valence-corrected chi connectivity index (χ2v) is 3.73. The molecule has 0 unspecified atom stereocenters. The summed E-state index contributed by atoms with van der Waals surface area (Å²) in [6.45, 7) is 0. The highest BCUT2D eigenvalue weighted by atomic mass is 79.9. The first-order valence-electron chi connectivity index (χ1n) is 4.00. The van der Waals surface area contributed by atoms with Crippen LogP contribution in [0.3, 0.4) is 0 Å². The van der Waals surface area contributed by atoms with Crippen LogP contribution in [-0.4, -0.2) is 10.8 Å². The summed E-state index contributed by atoms with van der Waals surface area (Å²) in [6.07, 6.45) is -4.74. The number of nitro benzene ring substituents is 1. The van der Waals surface area contributed by atoms with Gasteiger partial charge in [-0.25, -0.2) is 0 Å². The molecule has 5 nitrogen and oxygen atoms in total. The van der Waals surface area contributed by atoms with Crippen LogP contribution in [0.2, 0.25) is 0 Å². The third-order valence-electron chi connectivity index (χ3n) is 1.87. The van der Waals surface area contributed by atoms with Crippen LogP contribution in [0.5, 0.6) is 0 Å². The zero-order valence-electron chi connectivity index (χ0n) is 7.92. The van der Waals surface area contributed by atoms with Gasteiger partial charge >= 0.3 is 6.18 Å². The number of primary amides is 1. The van der Waals surface area contributed by atoms with E-state index in [0.717, 1.165) is 0 Å². The van der Waals surface area contributed by atoms with E-state index in [0.29, 0.717) is 12.1 Å². The summed E-state index contributed by atoms with van der Waals surface area (Å²) in [6, 6.07) is 1.10. The molecule has 1 amide bonds. The number of halogens is 4. The highest BCUT2D eigenvalue weighted by Gasteiger charge is 2.37. The molecule has 0 aromatic heterocycles. The van der Waals surface area contributed by atoms with Crippen molar-refractivity contribution < 1.29 is 22.9 Å². The lowest BCUT2D eigenvalue weighted by atomic mass is 10.1. The maximum atomic E-state index is 12.5. The molecule has 0 spiro atoms. The van der Waals surface area contributed by atoms with Crippen molar-refractivity contribution in [1.29, 1.82) is 0 Å². The third-order valence-corrected chi connectivity index (χ3v) is 2.69. The second kappa shape index (κ2) is 4.32. The predicted octanol–water partition coefficient (Wildman–Crippen LogP) is 2.48. The normalized spacial score (nSPS) is 11.3. The van der Waals surface area contributed by atoms with Crippen LogP contribution in [0.1, 0.15) is 15.9 Å². The molecule has 9 heteroatoms. The molecule has 0 bridgehead atoms. The van der Waals surface area contributed by atoms with Crippen molar-refractivity contribution in [2.24, 2.45) is 5.73 Å². The number of nitro groups is 1. The number of amides is 1. The van der Waals surface area contributed by atoms with E-state index in [4.69, 9.17) is 5.73 Å². The summed E-state index contributed by atoms with van der Waals surface area (Å²) in [7, 11) is 0. The van der Waals surface area contributed by atoms with Gasteiger partial charge in [-0.3, -0.25) is 14.9 Å². The minimum atomic E-state index is -4.74. The number of nitrogens with two attached hydrogens (primary N) is 1. The summed E-state index contributed by atoms with van der Waals surface area (Å²) in [4.78, 5) is 20.5. The Morgan fingerprint density at radius 1 is 1.41 bits per heavy atom. The lowest BCUT2D eigenvalue weighted by Crippen LogP contribution is -2.17. The number of hydrogen-bond acceptors (Lipinski definition) is 3. The quantitative estimate of drug-likeness (QED) is 0.672. The maximum Gasteiger partial charge on any atom is 0.417 e. The van der Waals surface area contributed by atoms with E-state index in [-0.39, 0.29) is 0 Å². The number of rotatable bonds is 2. The number of carbonyl (C=O) groups is 1. The van der Waals surface area contributed by atoms with Gasteiger partial charge in [0.1, 0.15) is 5.56 Å². The van der Waals surface area contributed by atoms with Crippen LogP contribution >= 0.6 is 15.9 Å². The van der Waals surface area contributed by atoms with Crippen LogP contribution in [-0.2, 0) is 6.18 Å². The molecule has 1 rings (SSSR count). The standard InChI is InChI=1S/C8H4BrF3N2O3/c9-6-3(8(10,11)12)1-2-4(14(16)17)5(6)7(13)15/h1-2H,(H2,13,15). The van der Waals surface area contributed by atoms with Gasteiger partial charge in [-0.1, -0.05) is 0 Å². The average molecular weight is 313 g/mol. The first kappa shape index (κ1) is 13.4. The largest absolute Gasteiger partial charge is 0.417 e. The van der Waals surface area contributed by atoms with Crippen LogP contribution in [0.4, 0.5) is 18.9 Å². The molecular weight excluding hydrogens is 309 g/mol. The zero-order valence-corrected chi connectivity index (χ0v) is 9.50. The van der Waals surface area contributed by atoms with Gasteiger partial charge in [0.25, 0.3) is 11.6 Å². The third kappa shape index (κ3) is 2.54. The van der Waals surface area contributed by atoms with Gasteiger partial charge in [0.2, 0.25) is 0 Å². The van der Waals surface area contributed by atoms with E-state index < -0.39 is 38.3 Å². The summed E-state index contributed by atoms with van der Waals surface area (Å²) >= 11 is 2.51. The highest BCUT2D eigenvalue weighted by molar-refractivity contribution is 9.10. The first-order chi connectivity index (χ1) is 7.66. The molecule has 1 aromatic carbocycles. The minimum absolute atomic E-state index is 0.509. The Morgan fingerprint density at radius 2 is 1.94 bits per heavy atom. The maximum absolute atomic E-state index is 12.5. The van der Waals surface area contributed by atoms with Crippen molar-refractivity contribution in [3.63, 3.8) is 0 Å². The zero-order chi connectivity index (χ0) is 13.4. The SMILES string of the molecule is NC(=O)c1c([N+](=O)[O-])ccc(C(F)(F)F)c1Br. The van der Waals surface area contributed by atoms with Crippen LogP contribution < -0.4 is 5.73 Å². The molecule has 92 valence electrons. The first-order valence-corrected chi connectivity index (χ1v) is 4.79. The molecule has 0 aliphatic rings. The van der Waals surface area contributed by atoms with Gasteiger partial charge in [-0.05, 0) is 22.0 Å². The minimum Gasteiger partial charge on any atom is -0.365 e. The number of carbonyl (C=O) groups excluding carboxylic acids is 1. The molecule has 1 aromatic rings. The number of benzene rings is 1. The fraction of sp³-hybridized carbons (Fsp3) is 0.125. The second-order valence-electron chi connectivity index (χ2n) is 2.94. The van der Waals surface area contributed by atoms with Gasteiger partial charge in [0.05, 0.1) is 10.5 Å². The monoisotopic (exact) mass is 312 g/mol. The molecule has 0 atom stereocenters. The van der Waals surface area contributed by atoms with Gasteiger partial charge in [-0.15, -0.1) is 0 Å². The molecular formula is C8H4BrF3N2O3. The van der Waals surface area contributed by atoms with E-state index in [2.05, 4.69) is 15.9 Å². The van der Waals surface area contributed by atoms with Crippen LogP contribution in [0.25, 0.3) is 0 Å². The van der Waals surface area contributed by atoms with Crippen molar-refractivity contribution in [2.75, 3.05) is 0 Å². The summed E-state index contributed by atoms with van der Waals surface area (Å²) < 4.78 is 36.7. The molecule has 0 heterocycles. The Hall–Kier alpha value is -1.64. The lowest BCUT2D eigenvalue weighted by Gasteiger charge is -2.11. The Balaban J connectivity index is 3.61. The molecule has 2 N–H and O–H groups in total. The Kier molecular flexibility index (Phi) is 3.41. The summed E-state index contributed by atoms with van der Waals surface area (Å²) in [5.74, 6) is -1.31. The summed E-state index contributed by atoms with van der Waals surface area (Å²) in [5, 5.41) is 10.5. The molecule has 0 fully saturated rings. The number of hydrogen-bond donors (Lipinski definition) is 1. The van der Waals surface area contributed by atoms with Gasteiger partial charge < -0.3 is 5.73 Å². The fourth-order valence-corrected chi connectivity index (χ4v) is 1.93. The lowest BCUT2D eigenvalue weighted by molar-refractivity contribution is -0.385. The smallest absolute Gasteiger partial charge is 0.365 e. The van der Waals surface area contributed by atoms with Crippen molar-refractivity contribution >= 4 is 27.5 Å². The molecule has 0 aliphatic carbocycles. The van der Waals surface area contributed by atoms with E-state index in [9.17, 15) is 28.1 Å². The van der Waals surface area contributed by atoms with Gasteiger partial charge in [0.15, 0.2) is 0 Å². The Morgan fingerprint density at radius 3 is 2.29 bits per heavy atom. The predicted molar refractivity (Wildman–Crippen MR) is 54.3 cm³/mol. The molecule has 0 saturated heterocycles. The van der Waals surface area contributed by atoms with E-state index in [1.54, 1.807) is 0 Å². The van der Waals surface area contributed by atoms with Crippen LogP contribution in [0.15, 0.2) is 16.6 Å². The molecule has 0 aliphatic heterocycles. The van der Waals surface area contributed by atoms with Gasteiger partial charge in [-0.2, -0.15) is 13.2 Å². The molecule has 0 saturated carbocycles. The average Bonchev–Trinajstić information content (AvgIpc) is 2.13. The Labute approximate surface area is 101 Å². The number of nitrogens with zero attached hydrogens (tertiary/aromatic N) is 1. The highest BCUT2D eigenvalue weighted by Crippen LogP contribution is 2.39. The van der Waals surface area contributed by atoms with E-state index >= 15 is 0 Å². The fourth-order valence-electron chi connectivity index (χ4n) is 1.17. The van der Waals surface area contributed by atoms with Crippen molar-refractivity contribution in [3.8, 4) is 0 Å². The summed E-state index contributed by atoms with van der Waals surface area (Å²) in [5.41, 5.74) is 2.05. The number of alkyl halides is 3. The van der Waals surface area contributed by atoms with Crippen molar-refractivity contribution in [3.05, 3.63) is 37.8 Å².